The number of hydrogen-bond acceptors (Lipinski definition) is 4. The number of rotatable bonds is 5. The van der Waals surface area contributed by atoms with Crippen LogP contribution in [0, 0.1) is 0 Å². The lowest BCUT2D eigenvalue weighted by Crippen LogP contribution is -2.20. The van der Waals surface area contributed by atoms with E-state index in [4.69, 9.17) is 5.73 Å². The van der Waals surface area contributed by atoms with E-state index < -0.39 is 0 Å². The third-order valence-corrected chi connectivity index (χ3v) is 1.93. The van der Waals surface area contributed by atoms with Gasteiger partial charge in [0.2, 0.25) is 5.91 Å². The topological polar surface area (TPSA) is 67.2 Å². The highest BCUT2D eigenvalue weighted by Gasteiger charge is 1.93. The van der Waals surface area contributed by atoms with Crippen LogP contribution in [-0.4, -0.2) is 11.7 Å². The Morgan fingerprint density at radius 2 is 2.08 bits per heavy atom. The number of benzene rings is 1. The second-order valence-corrected chi connectivity index (χ2v) is 3.13. The van der Waals surface area contributed by atoms with Gasteiger partial charge >= 0.3 is 0 Å². The van der Waals surface area contributed by atoms with Crippen LogP contribution in [0.4, 0.5) is 5.69 Å². The Morgan fingerprint density at radius 1 is 1.38 bits per heavy atom. The van der Waals surface area contributed by atoms with E-state index in [1.807, 2.05) is 30.3 Å². The van der Waals surface area contributed by atoms with Crippen molar-refractivity contribution in [1.82, 2.24) is 4.83 Å². The molecule has 0 saturated carbocycles. The van der Waals surface area contributed by atoms with Gasteiger partial charge in [-0.3, -0.25) is 4.79 Å². The zero-order valence-corrected chi connectivity index (χ0v) is 7.80. The first-order chi connectivity index (χ1) is 6.29. The minimum atomic E-state index is -0.340. The Kier molecular flexibility index (Phi) is 4.14. The second kappa shape index (κ2) is 5.45. The molecule has 0 aliphatic rings. The van der Waals surface area contributed by atoms with E-state index in [1.165, 1.54) is 11.9 Å². The van der Waals surface area contributed by atoms with E-state index >= 15 is 0 Å². The van der Waals surface area contributed by atoms with Crippen molar-refractivity contribution in [2.24, 2.45) is 5.73 Å². The highest BCUT2D eigenvalue weighted by atomic mass is 32.2. The lowest BCUT2D eigenvalue weighted by atomic mass is 10.3. The van der Waals surface area contributed by atoms with Crippen molar-refractivity contribution in [2.75, 3.05) is 11.2 Å². The molecule has 0 atom stereocenters. The van der Waals surface area contributed by atoms with Crippen molar-refractivity contribution in [3.05, 3.63) is 30.3 Å². The van der Waals surface area contributed by atoms with Gasteiger partial charge in [-0.2, -0.15) is 4.83 Å². The molecule has 4 N–H and O–H groups in total. The number of para-hydroxylation sites is 1. The summed E-state index contributed by atoms with van der Waals surface area (Å²) in [5.74, 6) is -0.0906. The fraction of sp³-hybridized carbons (Fsp3) is 0.125. The number of nitrogens with one attached hydrogen (secondary N) is 2. The lowest BCUT2D eigenvalue weighted by Gasteiger charge is -2.05. The maximum Gasteiger partial charge on any atom is 0.228 e. The summed E-state index contributed by atoms with van der Waals surface area (Å²) >= 11 is 1.22. The lowest BCUT2D eigenvalue weighted by molar-refractivity contribution is -0.115. The van der Waals surface area contributed by atoms with Crippen LogP contribution >= 0.6 is 11.9 Å². The molecule has 1 rings (SSSR count). The summed E-state index contributed by atoms with van der Waals surface area (Å²) in [7, 11) is 0. The zero-order chi connectivity index (χ0) is 9.52. The van der Waals surface area contributed by atoms with Crippen molar-refractivity contribution in [3.8, 4) is 0 Å². The summed E-state index contributed by atoms with van der Waals surface area (Å²) in [5.41, 5.74) is 8.79. The number of anilines is 1. The molecule has 0 aliphatic heterocycles. The number of nitrogens with two attached hydrogens (primary N) is 1. The van der Waals surface area contributed by atoms with Crippen LogP contribution in [0.1, 0.15) is 0 Å². The summed E-state index contributed by atoms with van der Waals surface area (Å²) in [6.45, 7) is 0. The number of primary amides is 1. The van der Waals surface area contributed by atoms with Crippen LogP contribution in [0.5, 0.6) is 0 Å². The minimum Gasteiger partial charge on any atom is -0.369 e. The summed E-state index contributed by atoms with van der Waals surface area (Å²) < 4.78 is 0. The molecule has 13 heavy (non-hydrogen) atoms. The standard InChI is InChI=1S/C8H11N3OS/c9-8(12)6-13-11-10-7-4-2-1-3-5-7/h1-5,10-11H,6H2,(H2,9,12). The highest BCUT2D eigenvalue weighted by Crippen LogP contribution is 2.04. The van der Waals surface area contributed by atoms with Gasteiger partial charge in [0.05, 0.1) is 5.75 Å². The largest absolute Gasteiger partial charge is 0.369 e. The summed E-state index contributed by atoms with van der Waals surface area (Å²) in [6, 6.07) is 9.60. The first-order valence-corrected chi connectivity index (χ1v) is 4.74. The molecule has 0 aliphatic carbocycles. The number of amides is 1. The zero-order valence-electron chi connectivity index (χ0n) is 6.99. The normalized spacial score (nSPS) is 9.54. The van der Waals surface area contributed by atoms with E-state index in [0.29, 0.717) is 0 Å². The number of hydrogen-bond donors (Lipinski definition) is 3. The molecular formula is C8H11N3OS. The molecule has 1 aromatic rings. The van der Waals surface area contributed by atoms with Crippen LogP contribution < -0.4 is 16.0 Å². The van der Waals surface area contributed by atoms with Crippen molar-refractivity contribution in [3.63, 3.8) is 0 Å². The van der Waals surface area contributed by atoms with Gasteiger partial charge in [-0.25, -0.2) is 0 Å². The Morgan fingerprint density at radius 3 is 2.69 bits per heavy atom. The maximum absolute atomic E-state index is 10.3. The molecule has 0 saturated heterocycles. The number of hydrazine groups is 1. The Bertz CT molecular complexity index is 265. The molecule has 4 nitrogen and oxygen atoms in total. The van der Waals surface area contributed by atoms with Gasteiger partial charge in [0.1, 0.15) is 0 Å². The monoisotopic (exact) mass is 197 g/mol. The molecule has 5 heteroatoms. The molecule has 0 aromatic heterocycles. The van der Waals surface area contributed by atoms with Gasteiger partial charge in [0, 0.05) is 5.69 Å². The van der Waals surface area contributed by atoms with E-state index in [2.05, 4.69) is 10.3 Å². The van der Waals surface area contributed by atoms with Gasteiger partial charge in [-0.1, -0.05) is 30.1 Å². The molecular weight excluding hydrogens is 186 g/mol. The Labute approximate surface area is 81.0 Å². The van der Waals surface area contributed by atoms with Crippen LogP contribution in [0.3, 0.4) is 0 Å². The van der Waals surface area contributed by atoms with Crippen LogP contribution in [0.2, 0.25) is 0 Å². The first kappa shape index (κ1) is 9.88. The average Bonchev–Trinajstić information content (AvgIpc) is 2.14. The third-order valence-electron chi connectivity index (χ3n) is 1.26. The third kappa shape index (κ3) is 4.39. The van der Waals surface area contributed by atoms with E-state index in [0.717, 1.165) is 5.69 Å². The van der Waals surface area contributed by atoms with Crippen LogP contribution in [0.25, 0.3) is 0 Å². The second-order valence-electron chi connectivity index (χ2n) is 2.35. The predicted molar refractivity (Wildman–Crippen MR) is 54.9 cm³/mol. The number of carbonyl (C=O) groups is 1. The van der Waals surface area contributed by atoms with Crippen LogP contribution in [-0.2, 0) is 4.79 Å². The predicted octanol–water partition coefficient (Wildman–Crippen LogP) is 0.737. The molecule has 0 fully saturated rings. The van der Waals surface area contributed by atoms with E-state index in [1.54, 1.807) is 0 Å². The smallest absolute Gasteiger partial charge is 0.228 e. The fourth-order valence-corrected chi connectivity index (χ4v) is 1.13. The molecule has 1 amide bonds. The van der Waals surface area contributed by atoms with Crippen molar-refractivity contribution in [2.45, 2.75) is 0 Å². The average molecular weight is 197 g/mol. The summed E-state index contributed by atoms with van der Waals surface area (Å²) in [6.07, 6.45) is 0. The van der Waals surface area contributed by atoms with Gasteiger partial charge < -0.3 is 11.2 Å². The summed E-state index contributed by atoms with van der Waals surface area (Å²) in [5, 5.41) is 0. The Balaban J connectivity index is 2.17. The molecule has 70 valence electrons. The van der Waals surface area contributed by atoms with Gasteiger partial charge in [0.25, 0.3) is 0 Å². The van der Waals surface area contributed by atoms with Gasteiger partial charge in [0.15, 0.2) is 0 Å². The van der Waals surface area contributed by atoms with Crippen molar-refractivity contribution < 1.29 is 4.79 Å². The summed E-state index contributed by atoms with van der Waals surface area (Å²) in [4.78, 5) is 13.1. The molecule has 0 radical (unpaired) electrons. The molecule has 1 aromatic carbocycles. The highest BCUT2D eigenvalue weighted by molar-refractivity contribution is 7.98. The van der Waals surface area contributed by atoms with Crippen molar-refractivity contribution in [1.29, 1.82) is 0 Å². The quantitative estimate of drug-likeness (QED) is 0.370. The molecule has 0 bridgehead atoms. The van der Waals surface area contributed by atoms with E-state index in [9.17, 15) is 4.79 Å². The van der Waals surface area contributed by atoms with E-state index in [-0.39, 0.29) is 11.7 Å². The molecule has 0 heterocycles. The fourth-order valence-electron chi connectivity index (χ4n) is 0.724. The van der Waals surface area contributed by atoms with Gasteiger partial charge in [-0.15, -0.1) is 0 Å². The van der Waals surface area contributed by atoms with Crippen LogP contribution in [0.15, 0.2) is 30.3 Å². The minimum absolute atomic E-state index is 0.250. The van der Waals surface area contributed by atoms with Gasteiger partial charge in [-0.05, 0) is 12.1 Å². The SMILES string of the molecule is NC(=O)CSNNc1ccccc1. The molecule has 0 unspecified atom stereocenters. The number of carbonyl (C=O) groups excluding carboxylic acids is 1. The Hall–Kier alpha value is -1.20. The maximum atomic E-state index is 10.3. The first-order valence-electron chi connectivity index (χ1n) is 3.75. The van der Waals surface area contributed by atoms with Crippen molar-refractivity contribution >= 4 is 23.5 Å². The molecule has 0 spiro atoms.